The molecule has 0 aliphatic carbocycles. The van der Waals surface area contributed by atoms with E-state index in [1.807, 2.05) is 0 Å². The van der Waals surface area contributed by atoms with E-state index >= 15 is 0 Å². The van der Waals surface area contributed by atoms with E-state index in [1.165, 1.54) is 37.0 Å². The monoisotopic (exact) mass is 386 g/mol. The minimum Gasteiger partial charge on any atom is -0.327 e. The van der Waals surface area contributed by atoms with Crippen LogP contribution in [0.5, 0.6) is 0 Å². The highest BCUT2D eigenvalue weighted by Gasteiger charge is 2.20. The zero-order valence-electron chi connectivity index (χ0n) is 14.2. The molecule has 0 radical (unpaired) electrons. The third kappa shape index (κ3) is 4.09. The van der Waals surface area contributed by atoms with Crippen LogP contribution in [0, 0.1) is 6.92 Å². The van der Waals surface area contributed by atoms with Crippen molar-refractivity contribution in [1.29, 1.82) is 0 Å². The first-order chi connectivity index (χ1) is 11.7. The van der Waals surface area contributed by atoms with Gasteiger partial charge in [-0.2, -0.15) is 5.10 Å². The summed E-state index contributed by atoms with van der Waals surface area (Å²) in [6, 6.07) is 6.41. The van der Waals surface area contributed by atoms with Gasteiger partial charge in [0.25, 0.3) is 0 Å². The van der Waals surface area contributed by atoms with Crippen LogP contribution in [0.15, 0.2) is 41.1 Å². The van der Waals surface area contributed by atoms with Crippen molar-refractivity contribution in [3.8, 4) is 11.1 Å². The van der Waals surface area contributed by atoms with E-state index in [0.717, 1.165) is 4.31 Å². The number of nitrogens with two attached hydrogens (primary N) is 1. The molecule has 9 heteroatoms. The maximum absolute atomic E-state index is 13.7. The van der Waals surface area contributed by atoms with Crippen molar-refractivity contribution >= 4 is 21.6 Å². The van der Waals surface area contributed by atoms with Crippen LogP contribution in [0.3, 0.4) is 0 Å². The van der Waals surface area contributed by atoms with E-state index < -0.39 is 15.9 Å². The predicted octanol–water partition coefficient (Wildman–Crippen LogP) is 2.57. The van der Waals surface area contributed by atoms with Crippen molar-refractivity contribution in [2.45, 2.75) is 18.4 Å². The molecule has 1 aromatic carbocycles. The van der Waals surface area contributed by atoms with Crippen LogP contribution in [0.25, 0.3) is 11.1 Å². The second kappa shape index (κ2) is 7.65. The topological polar surface area (TPSA) is 81.2 Å². The molecule has 1 aromatic heterocycles. The number of allylic oxidation sites excluding steroid dienone is 1. The molecule has 6 nitrogen and oxygen atoms in total. The van der Waals surface area contributed by atoms with Gasteiger partial charge >= 0.3 is 0 Å². The maximum Gasteiger partial charge on any atom is 0.242 e. The van der Waals surface area contributed by atoms with Crippen LogP contribution < -0.4 is 5.73 Å². The molecule has 2 N–H and O–H groups in total. The molecule has 1 heterocycles. The Balaban J connectivity index is 2.50. The number of aromatic nitrogens is 2. The standard InChI is InChI=1S/C16H20ClFN4O2S/c1-11-15(16(17)20-22(11)10-13(18)7-8-19)12-5-4-6-14(9-12)25(23,24)21(2)3/h4-7,9H,8,10,19H2,1-3H3/b13-7-. The highest BCUT2D eigenvalue weighted by molar-refractivity contribution is 7.89. The third-order valence-electron chi connectivity index (χ3n) is 3.71. The first kappa shape index (κ1) is 19.6. The molecule has 2 aromatic rings. The van der Waals surface area contributed by atoms with Gasteiger partial charge in [-0.25, -0.2) is 17.1 Å². The fraction of sp³-hybridized carbons (Fsp3) is 0.312. The molecule has 0 aliphatic rings. The normalized spacial score (nSPS) is 12.8. The third-order valence-corrected chi connectivity index (χ3v) is 5.78. The van der Waals surface area contributed by atoms with E-state index in [-0.39, 0.29) is 23.1 Å². The predicted molar refractivity (Wildman–Crippen MR) is 96.5 cm³/mol. The molecule has 0 bridgehead atoms. The van der Waals surface area contributed by atoms with E-state index in [4.69, 9.17) is 17.3 Å². The summed E-state index contributed by atoms with van der Waals surface area (Å²) >= 11 is 6.22. The molecule has 0 unspecified atom stereocenters. The molecule has 25 heavy (non-hydrogen) atoms. The second-order valence-electron chi connectivity index (χ2n) is 5.61. The lowest BCUT2D eigenvalue weighted by molar-refractivity contribution is 0.519. The first-order valence-corrected chi connectivity index (χ1v) is 9.30. The zero-order valence-corrected chi connectivity index (χ0v) is 15.8. The largest absolute Gasteiger partial charge is 0.327 e. The maximum atomic E-state index is 13.7. The molecule has 0 atom stereocenters. The summed E-state index contributed by atoms with van der Waals surface area (Å²) in [6.45, 7) is 1.76. The summed E-state index contributed by atoms with van der Waals surface area (Å²) in [5.74, 6) is -0.416. The van der Waals surface area contributed by atoms with Crippen LogP contribution in [0.1, 0.15) is 5.69 Å². The molecule has 0 saturated carbocycles. The van der Waals surface area contributed by atoms with Crippen LogP contribution in [-0.2, 0) is 16.6 Å². The van der Waals surface area contributed by atoms with Crippen molar-refractivity contribution < 1.29 is 12.8 Å². The van der Waals surface area contributed by atoms with E-state index in [2.05, 4.69) is 5.10 Å². The summed E-state index contributed by atoms with van der Waals surface area (Å²) in [6.07, 6.45) is 1.26. The minimum atomic E-state index is -3.57. The molecule has 0 fully saturated rings. The van der Waals surface area contributed by atoms with Gasteiger partial charge in [-0.05, 0) is 30.7 Å². The van der Waals surface area contributed by atoms with Gasteiger partial charge in [-0.3, -0.25) is 4.68 Å². The molecule has 0 saturated heterocycles. The highest BCUT2D eigenvalue weighted by atomic mass is 35.5. The number of rotatable bonds is 6. The smallest absolute Gasteiger partial charge is 0.242 e. The van der Waals surface area contributed by atoms with E-state index in [9.17, 15) is 12.8 Å². The SMILES string of the molecule is Cc1c(-c2cccc(S(=O)(=O)N(C)C)c2)c(Cl)nn1C/C(F)=C/CN. The van der Waals surface area contributed by atoms with Gasteiger partial charge in [0.2, 0.25) is 10.0 Å². The average molecular weight is 387 g/mol. The zero-order chi connectivity index (χ0) is 18.8. The number of hydrogen-bond acceptors (Lipinski definition) is 4. The average Bonchev–Trinajstić information content (AvgIpc) is 2.81. The Morgan fingerprint density at radius 3 is 2.72 bits per heavy atom. The van der Waals surface area contributed by atoms with Crippen molar-refractivity contribution in [1.82, 2.24) is 14.1 Å². The molecule has 0 spiro atoms. The van der Waals surface area contributed by atoms with Crippen molar-refractivity contribution in [2.75, 3.05) is 20.6 Å². The Morgan fingerprint density at radius 2 is 2.12 bits per heavy atom. The number of hydrogen-bond donors (Lipinski definition) is 1. The summed E-state index contributed by atoms with van der Waals surface area (Å²) in [5.41, 5.74) is 7.09. The van der Waals surface area contributed by atoms with E-state index in [1.54, 1.807) is 19.1 Å². The summed E-state index contributed by atoms with van der Waals surface area (Å²) < 4.78 is 40.9. The Hall–Kier alpha value is -1.74. The van der Waals surface area contributed by atoms with Gasteiger partial charge in [-0.1, -0.05) is 23.7 Å². The fourth-order valence-electron chi connectivity index (χ4n) is 2.35. The molecular weight excluding hydrogens is 367 g/mol. The Kier molecular flexibility index (Phi) is 5.99. The van der Waals surface area contributed by atoms with Gasteiger partial charge in [0.05, 0.1) is 11.4 Å². The van der Waals surface area contributed by atoms with Crippen LogP contribution in [0.2, 0.25) is 5.15 Å². The number of nitrogens with zero attached hydrogens (tertiary/aromatic N) is 3. The number of halogens is 2. The van der Waals surface area contributed by atoms with Gasteiger partial charge in [0.1, 0.15) is 5.83 Å². The van der Waals surface area contributed by atoms with Crippen molar-refractivity contribution in [2.24, 2.45) is 5.73 Å². The van der Waals surface area contributed by atoms with Gasteiger partial charge in [0.15, 0.2) is 5.15 Å². The first-order valence-electron chi connectivity index (χ1n) is 7.49. The number of benzene rings is 1. The van der Waals surface area contributed by atoms with Crippen molar-refractivity contribution in [3.05, 3.63) is 47.0 Å². The van der Waals surface area contributed by atoms with Gasteiger partial charge < -0.3 is 5.73 Å². The summed E-state index contributed by atoms with van der Waals surface area (Å²) in [4.78, 5) is 0.146. The molecular formula is C16H20ClFN4O2S. The number of sulfonamides is 1. The quantitative estimate of drug-likeness (QED) is 0.827. The Morgan fingerprint density at radius 1 is 1.44 bits per heavy atom. The second-order valence-corrected chi connectivity index (χ2v) is 8.12. The van der Waals surface area contributed by atoms with Crippen molar-refractivity contribution in [3.63, 3.8) is 0 Å². The van der Waals surface area contributed by atoms with E-state index in [0.29, 0.717) is 16.8 Å². The Bertz CT molecular complexity index is 907. The lowest BCUT2D eigenvalue weighted by Gasteiger charge is -2.12. The summed E-state index contributed by atoms with van der Waals surface area (Å²) in [5, 5.41) is 4.31. The molecule has 0 amide bonds. The molecule has 136 valence electrons. The Labute approximate surface area is 151 Å². The van der Waals surface area contributed by atoms with Gasteiger partial charge in [-0.15, -0.1) is 0 Å². The lowest BCUT2D eigenvalue weighted by atomic mass is 10.1. The lowest BCUT2D eigenvalue weighted by Crippen LogP contribution is -2.22. The van der Waals surface area contributed by atoms with Crippen LogP contribution in [0.4, 0.5) is 4.39 Å². The molecule has 0 aliphatic heterocycles. The highest BCUT2D eigenvalue weighted by Crippen LogP contribution is 2.32. The fourth-order valence-corrected chi connectivity index (χ4v) is 3.63. The van der Waals surface area contributed by atoms with Gasteiger partial charge in [0, 0.05) is 31.9 Å². The van der Waals surface area contributed by atoms with Crippen LogP contribution in [-0.4, -0.2) is 43.1 Å². The van der Waals surface area contributed by atoms with Crippen LogP contribution >= 0.6 is 11.6 Å². The molecule has 2 rings (SSSR count). The summed E-state index contributed by atoms with van der Waals surface area (Å²) in [7, 11) is -0.646. The minimum absolute atomic E-state index is 0.0849.